The zero-order valence-corrected chi connectivity index (χ0v) is 9.77. The van der Waals surface area contributed by atoms with Crippen LogP contribution >= 0.6 is 0 Å². The van der Waals surface area contributed by atoms with Crippen LogP contribution in [0.15, 0.2) is 28.7 Å². The molecule has 90 valence electrons. The van der Waals surface area contributed by atoms with E-state index in [1.165, 1.54) is 0 Å². The standard InChI is InChI=1S/C13H14O4/c1-3-16-13(15)12(14)9-5-4-6-11-10(9)7-8(2)17-11/h4-7,12,14H,3H2,1-2H3. The van der Waals surface area contributed by atoms with Gasteiger partial charge in [0.25, 0.3) is 0 Å². The van der Waals surface area contributed by atoms with Crippen molar-refractivity contribution in [1.82, 2.24) is 0 Å². The van der Waals surface area contributed by atoms with Crippen LogP contribution in [0.3, 0.4) is 0 Å². The Balaban J connectivity index is 2.44. The van der Waals surface area contributed by atoms with Crippen molar-refractivity contribution in [3.05, 3.63) is 35.6 Å². The van der Waals surface area contributed by atoms with Crippen LogP contribution in [0, 0.1) is 6.92 Å². The topological polar surface area (TPSA) is 59.7 Å². The summed E-state index contributed by atoms with van der Waals surface area (Å²) >= 11 is 0. The number of aliphatic hydroxyl groups excluding tert-OH is 1. The van der Waals surface area contributed by atoms with Gasteiger partial charge in [-0.05, 0) is 26.0 Å². The normalized spacial score (nSPS) is 12.6. The van der Waals surface area contributed by atoms with Crippen LogP contribution in [-0.2, 0) is 9.53 Å². The van der Waals surface area contributed by atoms with Gasteiger partial charge in [-0.3, -0.25) is 0 Å². The number of rotatable bonds is 3. The van der Waals surface area contributed by atoms with Crippen molar-refractivity contribution in [2.75, 3.05) is 6.61 Å². The van der Waals surface area contributed by atoms with Crippen molar-refractivity contribution in [3.8, 4) is 0 Å². The summed E-state index contributed by atoms with van der Waals surface area (Å²) in [5.74, 6) is 0.0994. The van der Waals surface area contributed by atoms with Gasteiger partial charge in [0.1, 0.15) is 11.3 Å². The molecule has 1 heterocycles. The minimum Gasteiger partial charge on any atom is -0.464 e. The van der Waals surface area contributed by atoms with Gasteiger partial charge in [-0.2, -0.15) is 0 Å². The first-order chi connectivity index (χ1) is 8.13. The molecule has 4 nitrogen and oxygen atoms in total. The van der Waals surface area contributed by atoms with E-state index in [1.54, 1.807) is 31.2 Å². The number of hydrogen-bond acceptors (Lipinski definition) is 4. The van der Waals surface area contributed by atoms with Gasteiger partial charge in [-0.25, -0.2) is 4.79 Å². The van der Waals surface area contributed by atoms with E-state index < -0.39 is 12.1 Å². The molecule has 2 aromatic rings. The second-order valence-electron chi connectivity index (χ2n) is 3.77. The maximum absolute atomic E-state index is 11.5. The predicted octanol–water partition coefficient (Wildman–Crippen LogP) is 2.34. The molecular weight excluding hydrogens is 220 g/mol. The Morgan fingerprint density at radius 3 is 3.00 bits per heavy atom. The zero-order chi connectivity index (χ0) is 12.4. The number of hydrogen-bond donors (Lipinski definition) is 1. The molecule has 0 fully saturated rings. The Hall–Kier alpha value is -1.81. The van der Waals surface area contributed by atoms with Crippen molar-refractivity contribution in [3.63, 3.8) is 0 Å². The fourth-order valence-electron chi connectivity index (χ4n) is 1.80. The molecule has 0 radical (unpaired) electrons. The highest BCUT2D eigenvalue weighted by Gasteiger charge is 2.21. The highest BCUT2D eigenvalue weighted by atomic mass is 16.5. The van der Waals surface area contributed by atoms with Gasteiger partial charge < -0.3 is 14.3 Å². The third-order valence-electron chi connectivity index (χ3n) is 2.52. The van der Waals surface area contributed by atoms with E-state index in [2.05, 4.69) is 0 Å². The summed E-state index contributed by atoms with van der Waals surface area (Å²) < 4.78 is 10.2. The summed E-state index contributed by atoms with van der Waals surface area (Å²) in [6.45, 7) is 3.77. The number of furan rings is 1. The van der Waals surface area contributed by atoms with Crippen LogP contribution in [0.1, 0.15) is 24.4 Å². The first kappa shape index (κ1) is 11.7. The number of carbonyl (C=O) groups is 1. The van der Waals surface area contributed by atoms with E-state index in [4.69, 9.17) is 9.15 Å². The first-order valence-electron chi connectivity index (χ1n) is 5.47. The smallest absolute Gasteiger partial charge is 0.339 e. The molecule has 17 heavy (non-hydrogen) atoms. The SMILES string of the molecule is CCOC(=O)C(O)c1cccc2oc(C)cc12. The van der Waals surface area contributed by atoms with E-state index in [9.17, 15) is 9.90 Å². The van der Waals surface area contributed by atoms with E-state index in [0.29, 0.717) is 11.1 Å². The van der Waals surface area contributed by atoms with Gasteiger partial charge in [0, 0.05) is 10.9 Å². The molecule has 0 spiro atoms. The van der Waals surface area contributed by atoms with Crippen LogP contribution in [0.4, 0.5) is 0 Å². The molecule has 1 aromatic heterocycles. The number of aliphatic hydroxyl groups is 1. The van der Waals surface area contributed by atoms with Crippen molar-refractivity contribution < 1.29 is 19.1 Å². The Morgan fingerprint density at radius 2 is 2.29 bits per heavy atom. The lowest BCUT2D eigenvalue weighted by Crippen LogP contribution is -2.15. The van der Waals surface area contributed by atoms with Gasteiger partial charge in [-0.15, -0.1) is 0 Å². The molecule has 2 rings (SSSR count). The summed E-state index contributed by atoms with van der Waals surface area (Å²) in [6, 6.07) is 7.03. The molecule has 0 amide bonds. The van der Waals surface area contributed by atoms with Crippen molar-refractivity contribution in [2.24, 2.45) is 0 Å². The summed E-state index contributed by atoms with van der Waals surface area (Å²) in [7, 11) is 0. The van der Waals surface area contributed by atoms with E-state index >= 15 is 0 Å². The molecule has 0 aliphatic carbocycles. The van der Waals surface area contributed by atoms with Crippen LogP contribution in [0.2, 0.25) is 0 Å². The quantitative estimate of drug-likeness (QED) is 0.828. The van der Waals surface area contributed by atoms with Gasteiger partial charge in [0.2, 0.25) is 0 Å². The van der Waals surface area contributed by atoms with Crippen molar-refractivity contribution in [1.29, 1.82) is 0 Å². The number of ether oxygens (including phenoxy) is 1. The summed E-state index contributed by atoms with van der Waals surface area (Å²) in [5, 5.41) is 10.7. The monoisotopic (exact) mass is 234 g/mol. The van der Waals surface area contributed by atoms with Crippen molar-refractivity contribution in [2.45, 2.75) is 20.0 Å². The zero-order valence-electron chi connectivity index (χ0n) is 9.77. The van der Waals surface area contributed by atoms with Crippen LogP contribution in [0.25, 0.3) is 11.0 Å². The Bertz CT molecular complexity index is 541. The fraction of sp³-hybridized carbons (Fsp3) is 0.308. The number of benzene rings is 1. The fourth-order valence-corrected chi connectivity index (χ4v) is 1.80. The summed E-state index contributed by atoms with van der Waals surface area (Å²) in [4.78, 5) is 11.5. The molecule has 1 atom stereocenters. The average molecular weight is 234 g/mol. The van der Waals surface area contributed by atoms with Gasteiger partial charge >= 0.3 is 5.97 Å². The maximum atomic E-state index is 11.5. The van der Waals surface area contributed by atoms with Gasteiger partial charge in [-0.1, -0.05) is 12.1 Å². The summed E-state index contributed by atoms with van der Waals surface area (Å²) in [6.07, 6.45) is -1.27. The number of fused-ring (bicyclic) bond motifs is 1. The summed E-state index contributed by atoms with van der Waals surface area (Å²) in [5.41, 5.74) is 1.17. The van der Waals surface area contributed by atoms with Gasteiger partial charge in [0.05, 0.1) is 6.61 Å². The number of carbonyl (C=O) groups excluding carboxylic acids is 1. The molecule has 1 N–H and O–H groups in total. The van der Waals surface area contributed by atoms with Crippen LogP contribution in [0.5, 0.6) is 0 Å². The molecule has 1 aromatic carbocycles. The molecular formula is C13H14O4. The maximum Gasteiger partial charge on any atom is 0.339 e. The molecule has 1 unspecified atom stereocenters. The Labute approximate surface area is 98.8 Å². The Morgan fingerprint density at radius 1 is 1.53 bits per heavy atom. The third kappa shape index (κ3) is 2.17. The van der Waals surface area contributed by atoms with Crippen LogP contribution < -0.4 is 0 Å². The van der Waals surface area contributed by atoms with E-state index in [-0.39, 0.29) is 6.61 Å². The predicted molar refractivity (Wildman–Crippen MR) is 62.5 cm³/mol. The van der Waals surface area contributed by atoms with Gasteiger partial charge in [0.15, 0.2) is 6.10 Å². The minimum absolute atomic E-state index is 0.246. The lowest BCUT2D eigenvalue weighted by atomic mass is 10.0. The average Bonchev–Trinajstić information content (AvgIpc) is 2.68. The third-order valence-corrected chi connectivity index (χ3v) is 2.52. The highest BCUT2D eigenvalue weighted by Crippen LogP contribution is 2.27. The van der Waals surface area contributed by atoms with Crippen molar-refractivity contribution >= 4 is 16.9 Å². The molecule has 0 aliphatic heterocycles. The molecule has 0 aliphatic rings. The molecule has 0 saturated heterocycles. The van der Waals surface area contributed by atoms with E-state index in [1.807, 2.05) is 6.92 Å². The minimum atomic E-state index is -1.27. The molecule has 4 heteroatoms. The lowest BCUT2D eigenvalue weighted by molar-refractivity contribution is -0.153. The molecule has 0 saturated carbocycles. The number of aryl methyl sites for hydroxylation is 1. The highest BCUT2D eigenvalue weighted by molar-refractivity contribution is 5.88. The largest absolute Gasteiger partial charge is 0.464 e. The second kappa shape index (κ2) is 4.59. The first-order valence-corrected chi connectivity index (χ1v) is 5.47. The number of esters is 1. The second-order valence-corrected chi connectivity index (χ2v) is 3.77. The van der Waals surface area contributed by atoms with E-state index in [0.717, 1.165) is 11.1 Å². The molecule has 0 bridgehead atoms. The Kier molecular flexibility index (Phi) is 3.15. The lowest BCUT2D eigenvalue weighted by Gasteiger charge is -2.10. The van der Waals surface area contributed by atoms with Crippen LogP contribution in [-0.4, -0.2) is 17.7 Å².